The second kappa shape index (κ2) is 5.55. The Labute approximate surface area is 112 Å². The smallest absolute Gasteiger partial charge is 0.130 e. The van der Waals surface area contributed by atoms with Gasteiger partial charge in [0.05, 0.1) is 0 Å². The summed E-state index contributed by atoms with van der Waals surface area (Å²) in [5, 5.41) is 3.30. The molecule has 1 aromatic rings. The minimum Gasteiger partial charge on any atom is -0.314 e. The van der Waals surface area contributed by atoms with Crippen molar-refractivity contribution < 1.29 is 8.78 Å². The van der Waals surface area contributed by atoms with Crippen LogP contribution >= 0.6 is 0 Å². The lowest BCUT2D eigenvalue weighted by Gasteiger charge is -2.43. The highest BCUT2D eigenvalue weighted by molar-refractivity contribution is 5.25. The van der Waals surface area contributed by atoms with Crippen LogP contribution in [0.2, 0.25) is 0 Å². The van der Waals surface area contributed by atoms with E-state index in [4.69, 9.17) is 0 Å². The Kier molecular flexibility index (Phi) is 3.80. The predicted octanol–water partition coefficient (Wildman–Crippen LogP) is 2.71. The summed E-state index contributed by atoms with van der Waals surface area (Å²) in [6.45, 7) is 3.54. The first-order chi connectivity index (χ1) is 9.27. The lowest BCUT2D eigenvalue weighted by atomic mass is 9.76. The van der Waals surface area contributed by atoms with Crippen molar-refractivity contribution in [1.82, 2.24) is 10.2 Å². The number of nitrogens with zero attached hydrogens (tertiary/aromatic N) is 1. The van der Waals surface area contributed by atoms with Crippen LogP contribution in [0, 0.1) is 17.6 Å². The molecule has 1 heterocycles. The fourth-order valence-corrected chi connectivity index (χ4v) is 3.23. The third-order valence-electron chi connectivity index (χ3n) is 4.44. The first kappa shape index (κ1) is 13.0. The van der Waals surface area contributed by atoms with Crippen molar-refractivity contribution in [3.63, 3.8) is 0 Å². The molecule has 0 unspecified atom stereocenters. The molecule has 104 valence electrons. The van der Waals surface area contributed by atoms with E-state index in [0.717, 1.165) is 39.0 Å². The van der Waals surface area contributed by atoms with Crippen molar-refractivity contribution in [1.29, 1.82) is 0 Å². The molecule has 2 aliphatic rings. The summed E-state index contributed by atoms with van der Waals surface area (Å²) < 4.78 is 28.2. The lowest BCUT2D eigenvalue weighted by molar-refractivity contribution is 0.0784. The molecule has 1 aromatic carbocycles. The highest BCUT2D eigenvalue weighted by atomic mass is 19.1. The normalized spacial score (nSPS) is 23.1. The molecule has 1 aliphatic carbocycles. The van der Waals surface area contributed by atoms with Gasteiger partial charge in [0.1, 0.15) is 11.6 Å². The van der Waals surface area contributed by atoms with Gasteiger partial charge in [0.2, 0.25) is 0 Å². The number of halogens is 2. The van der Waals surface area contributed by atoms with Crippen LogP contribution in [-0.2, 0) is 0 Å². The van der Waals surface area contributed by atoms with Gasteiger partial charge in [0, 0.05) is 37.8 Å². The van der Waals surface area contributed by atoms with Crippen LogP contribution < -0.4 is 5.32 Å². The van der Waals surface area contributed by atoms with Crippen LogP contribution in [0.4, 0.5) is 8.78 Å². The Morgan fingerprint density at radius 3 is 2.26 bits per heavy atom. The van der Waals surface area contributed by atoms with Crippen molar-refractivity contribution in [2.24, 2.45) is 5.92 Å². The quantitative estimate of drug-likeness (QED) is 0.905. The average Bonchev–Trinajstić information content (AvgIpc) is 2.36. The number of nitrogens with one attached hydrogen (secondary N) is 1. The van der Waals surface area contributed by atoms with Crippen molar-refractivity contribution in [3.05, 3.63) is 35.4 Å². The van der Waals surface area contributed by atoms with E-state index >= 15 is 0 Å². The molecule has 1 saturated heterocycles. The highest BCUT2D eigenvalue weighted by Crippen LogP contribution is 2.43. The molecule has 19 heavy (non-hydrogen) atoms. The number of hydrogen-bond donors (Lipinski definition) is 1. The van der Waals surface area contributed by atoms with E-state index in [9.17, 15) is 8.78 Å². The minimum absolute atomic E-state index is 0.0861. The van der Waals surface area contributed by atoms with Crippen LogP contribution in [0.3, 0.4) is 0 Å². The molecule has 0 amide bonds. The molecule has 2 fully saturated rings. The second-order valence-corrected chi connectivity index (χ2v) is 5.56. The second-order valence-electron chi connectivity index (χ2n) is 5.56. The molecule has 0 radical (unpaired) electrons. The van der Waals surface area contributed by atoms with E-state index in [0.29, 0.717) is 5.92 Å². The molecule has 0 aromatic heterocycles. The fourth-order valence-electron chi connectivity index (χ4n) is 3.23. The first-order valence-corrected chi connectivity index (χ1v) is 7.16. The summed E-state index contributed by atoms with van der Waals surface area (Å²) in [6.07, 6.45) is 3.36. The molecule has 1 saturated carbocycles. The lowest BCUT2D eigenvalue weighted by Crippen LogP contribution is -2.48. The Balaban J connectivity index is 1.93. The maximum atomic E-state index is 14.1. The maximum absolute atomic E-state index is 14.1. The summed E-state index contributed by atoms with van der Waals surface area (Å²) >= 11 is 0. The van der Waals surface area contributed by atoms with Crippen LogP contribution in [0.5, 0.6) is 0 Å². The average molecular weight is 266 g/mol. The van der Waals surface area contributed by atoms with E-state index in [-0.39, 0.29) is 11.6 Å². The van der Waals surface area contributed by atoms with Crippen molar-refractivity contribution in [2.75, 3.05) is 26.2 Å². The molecule has 1 N–H and O–H groups in total. The van der Waals surface area contributed by atoms with Gasteiger partial charge in [-0.3, -0.25) is 4.90 Å². The molecular formula is C15H20F2N2. The summed E-state index contributed by atoms with van der Waals surface area (Å²) in [6, 6.07) is 4.12. The standard InChI is InChI=1S/C15H20F2N2/c16-12-5-2-6-13(17)14(12)15(11-3-1-4-11)19-9-7-18-8-10-19/h2,5-6,11,15,18H,1,3-4,7-10H2/t15-/m0/s1. The van der Waals surface area contributed by atoms with Crippen molar-refractivity contribution in [3.8, 4) is 0 Å². The van der Waals surface area contributed by atoms with E-state index in [1.54, 1.807) is 0 Å². The van der Waals surface area contributed by atoms with Crippen LogP contribution in [0.15, 0.2) is 18.2 Å². The van der Waals surface area contributed by atoms with Gasteiger partial charge in [-0.15, -0.1) is 0 Å². The number of rotatable bonds is 3. The van der Waals surface area contributed by atoms with Crippen molar-refractivity contribution in [2.45, 2.75) is 25.3 Å². The summed E-state index contributed by atoms with van der Waals surface area (Å²) in [5.41, 5.74) is 0.286. The van der Waals surface area contributed by atoms with E-state index in [2.05, 4.69) is 10.2 Å². The number of piperazine rings is 1. The monoisotopic (exact) mass is 266 g/mol. The minimum atomic E-state index is -0.393. The Hall–Kier alpha value is -1.00. The van der Waals surface area contributed by atoms with Gasteiger partial charge in [-0.05, 0) is 30.9 Å². The topological polar surface area (TPSA) is 15.3 Å². The number of benzene rings is 1. The van der Waals surface area contributed by atoms with E-state index in [1.807, 2.05) is 0 Å². The molecular weight excluding hydrogens is 246 g/mol. The molecule has 0 spiro atoms. The van der Waals surface area contributed by atoms with Crippen LogP contribution in [0.25, 0.3) is 0 Å². The van der Waals surface area contributed by atoms with Gasteiger partial charge in [-0.25, -0.2) is 8.78 Å². The summed E-state index contributed by atoms with van der Waals surface area (Å²) in [7, 11) is 0. The zero-order valence-corrected chi connectivity index (χ0v) is 11.0. The van der Waals surface area contributed by atoms with Gasteiger partial charge < -0.3 is 5.32 Å². The third kappa shape index (κ3) is 2.51. The van der Waals surface area contributed by atoms with Gasteiger partial charge in [-0.2, -0.15) is 0 Å². The zero-order chi connectivity index (χ0) is 13.2. The zero-order valence-electron chi connectivity index (χ0n) is 11.0. The Bertz CT molecular complexity index is 420. The molecule has 4 heteroatoms. The fraction of sp³-hybridized carbons (Fsp3) is 0.600. The SMILES string of the molecule is Fc1cccc(F)c1[C@H](C1CCC1)N1CCNCC1. The summed E-state index contributed by atoms with van der Waals surface area (Å²) in [4.78, 5) is 2.25. The van der Waals surface area contributed by atoms with E-state index in [1.165, 1.54) is 24.6 Å². The molecule has 2 nitrogen and oxygen atoms in total. The molecule has 0 bridgehead atoms. The van der Waals surface area contributed by atoms with E-state index < -0.39 is 11.6 Å². The highest BCUT2D eigenvalue weighted by Gasteiger charge is 2.36. The van der Waals surface area contributed by atoms with Gasteiger partial charge in [0.25, 0.3) is 0 Å². The molecule has 3 rings (SSSR count). The number of hydrogen-bond acceptors (Lipinski definition) is 2. The summed E-state index contributed by atoms with van der Waals surface area (Å²) in [5.74, 6) is -0.379. The van der Waals surface area contributed by atoms with Gasteiger partial charge >= 0.3 is 0 Å². The largest absolute Gasteiger partial charge is 0.314 e. The van der Waals surface area contributed by atoms with Gasteiger partial charge in [-0.1, -0.05) is 12.5 Å². The van der Waals surface area contributed by atoms with Gasteiger partial charge in [0.15, 0.2) is 0 Å². The van der Waals surface area contributed by atoms with Crippen molar-refractivity contribution >= 4 is 0 Å². The Morgan fingerprint density at radius 2 is 1.74 bits per heavy atom. The predicted molar refractivity (Wildman–Crippen MR) is 70.9 cm³/mol. The first-order valence-electron chi connectivity index (χ1n) is 7.16. The van der Waals surface area contributed by atoms with Crippen LogP contribution in [-0.4, -0.2) is 31.1 Å². The maximum Gasteiger partial charge on any atom is 0.130 e. The Morgan fingerprint density at radius 1 is 1.11 bits per heavy atom. The molecule has 1 atom stereocenters. The molecule has 1 aliphatic heterocycles. The van der Waals surface area contributed by atoms with Crippen LogP contribution in [0.1, 0.15) is 30.9 Å². The third-order valence-corrected chi connectivity index (χ3v) is 4.44.